The van der Waals surface area contributed by atoms with Gasteiger partial charge in [0.15, 0.2) is 6.23 Å². The predicted molar refractivity (Wildman–Crippen MR) is 131 cm³/mol. The number of phosphoric acid groups is 2. The molecule has 3 rings (SSSR count). The zero-order valence-electron chi connectivity index (χ0n) is 21.9. The maximum Gasteiger partial charge on any atom is 0.481 e. The number of nitrogens with zero attached hydrogens (tertiary/aromatic N) is 1. The summed E-state index contributed by atoms with van der Waals surface area (Å²) in [6, 6.07) is -0.718. The van der Waals surface area contributed by atoms with Crippen LogP contribution < -0.4 is 16.6 Å². The van der Waals surface area contributed by atoms with Crippen LogP contribution in [0.1, 0.15) is 13.2 Å². The molecule has 23 heteroatoms. The minimum absolute atomic E-state index is 0.727. The molecule has 42 heavy (non-hydrogen) atoms. The van der Waals surface area contributed by atoms with Crippen molar-refractivity contribution in [1.82, 2.24) is 14.9 Å². The van der Waals surface area contributed by atoms with E-state index in [-0.39, 0.29) is 0 Å². The Labute approximate surface area is 235 Å². The summed E-state index contributed by atoms with van der Waals surface area (Å²) >= 11 is 0. The third-order valence-corrected chi connectivity index (χ3v) is 8.86. The molecular weight excluding hydrogens is 620 g/mol. The van der Waals surface area contributed by atoms with Gasteiger partial charge in [-0.05, 0) is 0 Å². The van der Waals surface area contributed by atoms with Crippen molar-refractivity contribution >= 4 is 21.6 Å². The van der Waals surface area contributed by atoms with Gasteiger partial charge in [0.1, 0.15) is 49.3 Å². The molecule has 11 atom stereocenters. The largest absolute Gasteiger partial charge is 0.481 e. The number of carbonyl (C=O) groups is 1. The summed E-state index contributed by atoms with van der Waals surface area (Å²) in [5.41, 5.74) is -1.75. The topological polar surface area (TPSA) is 315 Å². The third kappa shape index (κ3) is 7.78. The summed E-state index contributed by atoms with van der Waals surface area (Å²) < 4.78 is 55.0. The molecule has 0 spiro atoms. The number of hydrogen-bond acceptors (Lipinski definition) is 16. The van der Waals surface area contributed by atoms with Gasteiger partial charge in [0.25, 0.3) is 5.56 Å². The first-order chi connectivity index (χ1) is 19.5. The quantitative estimate of drug-likeness (QED) is 0.0960. The van der Waals surface area contributed by atoms with Crippen LogP contribution in [0.4, 0.5) is 0 Å². The standard InChI is InChI=1S/C19H31N3O18P2/c1-8(24)20-16-14(28)12(26)9(5-23)39-19(16,35-2)7-37-42(33,34)40-41(31,32)36-6-10-13(27)15(29)17(38-10)22-4-3-11(25)21-18(22)30/h3-4,9-10,12-17,23,26-29H,5-7H2,1-2H3,(H,20,24)(H,31,32)(H,33,34)(H,21,25,30)/t9-,10-,12-,13-,14+,15-,16+,17-,19+/m1/s1. The smallest absolute Gasteiger partial charge is 0.394 e. The highest BCUT2D eigenvalue weighted by Crippen LogP contribution is 2.61. The van der Waals surface area contributed by atoms with E-state index in [0.717, 1.165) is 30.9 Å². The number of carbonyl (C=O) groups excluding carboxylic acids is 1. The van der Waals surface area contributed by atoms with E-state index in [0.29, 0.717) is 0 Å². The van der Waals surface area contributed by atoms with Gasteiger partial charge in [0, 0.05) is 26.3 Å². The van der Waals surface area contributed by atoms with Gasteiger partial charge >= 0.3 is 21.3 Å². The number of nitrogens with one attached hydrogen (secondary N) is 2. The Hall–Kier alpha value is -1.91. The van der Waals surface area contributed by atoms with Crippen LogP contribution in [-0.2, 0) is 41.5 Å². The molecule has 240 valence electrons. The van der Waals surface area contributed by atoms with Crippen LogP contribution in [0.3, 0.4) is 0 Å². The lowest BCUT2D eigenvalue weighted by atomic mass is 9.90. The van der Waals surface area contributed by atoms with Gasteiger partial charge in [0.05, 0.1) is 13.2 Å². The van der Waals surface area contributed by atoms with Gasteiger partial charge in [-0.15, -0.1) is 0 Å². The lowest BCUT2D eigenvalue weighted by Crippen LogP contribution is -2.72. The Morgan fingerprint density at radius 2 is 1.69 bits per heavy atom. The SMILES string of the molecule is CO[C@@]1(COP(=O)(O)OP(=O)(O)OC[C@H]2O[C@@H](n3ccc(=O)[nH]c3=O)[C@H](O)[C@@H]2O)O[C@H](CO)[C@@H](O)[C@H](O)[C@@H]1NC(C)=O. The van der Waals surface area contributed by atoms with E-state index >= 15 is 0 Å². The highest BCUT2D eigenvalue weighted by atomic mass is 31.3. The Bertz CT molecular complexity index is 1320. The maximum atomic E-state index is 12.5. The van der Waals surface area contributed by atoms with Gasteiger partial charge < -0.3 is 54.8 Å². The molecule has 0 bridgehead atoms. The first kappa shape index (κ1) is 34.6. The number of rotatable bonds is 12. The molecule has 1 aromatic rings. The molecule has 0 aromatic carbocycles. The lowest BCUT2D eigenvalue weighted by Gasteiger charge is -2.49. The normalized spacial score (nSPS) is 36.2. The number of phosphoric ester groups is 2. The van der Waals surface area contributed by atoms with Crippen molar-refractivity contribution in [3.05, 3.63) is 33.1 Å². The third-order valence-electron chi connectivity index (χ3n) is 6.28. The summed E-state index contributed by atoms with van der Waals surface area (Å²) in [6.07, 6.45) is -10.9. The van der Waals surface area contributed by atoms with Crippen molar-refractivity contribution in [3.8, 4) is 0 Å². The Balaban J connectivity index is 1.67. The molecule has 2 saturated heterocycles. The summed E-state index contributed by atoms with van der Waals surface area (Å²) in [4.78, 5) is 56.9. The van der Waals surface area contributed by atoms with Crippen LogP contribution in [0.15, 0.2) is 21.9 Å². The van der Waals surface area contributed by atoms with Crippen molar-refractivity contribution in [2.24, 2.45) is 0 Å². The number of aliphatic hydroxyl groups is 5. The van der Waals surface area contributed by atoms with Gasteiger partial charge in [0.2, 0.25) is 11.7 Å². The number of amides is 1. The predicted octanol–water partition coefficient (Wildman–Crippen LogP) is -4.63. The molecule has 2 aliphatic heterocycles. The molecule has 3 heterocycles. The molecule has 1 aromatic heterocycles. The highest BCUT2D eigenvalue weighted by molar-refractivity contribution is 7.61. The van der Waals surface area contributed by atoms with E-state index in [2.05, 4.69) is 14.2 Å². The second kappa shape index (κ2) is 13.4. The van der Waals surface area contributed by atoms with Crippen LogP contribution in [0.25, 0.3) is 0 Å². The Kier molecular flexibility index (Phi) is 11.0. The average Bonchev–Trinajstić information content (AvgIpc) is 3.18. The maximum absolute atomic E-state index is 12.5. The Morgan fingerprint density at radius 1 is 1.07 bits per heavy atom. The first-order valence-corrected chi connectivity index (χ1v) is 14.9. The minimum atomic E-state index is -5.57. The van der Waals surface area contributed by atoms with Crippen LogP contribution in [0.2, 0.25) is 0 Å². The van der Waals surface area contributed by atoms with Gasteiger partial charge in [-0.25, -0.2) is 13.9 Å². The minimum Gasteiger partial charge on any atom is -0.394 e. The first-order valence-electron chi connectivity index (χ1n) is 11.9. The summed E-state index contributed by atoms with van der Waals surface area (Å²) in [5, 5.41) is 52.7. The number of aromatic amines is 1. The molecule has 2 fully saturated rings. The van der Waals surface area contributed by atoms with Gasteiger partial charge in [-0.1, -0.05) is 0 Å². The fraction of sp³-hybridized carbons (Fsp3) is 0.737. The van der Waals surface area contributed by atoms with E-state index in [4.69, 9.17) is 18.7 Å². The van der Waals surface area contributed by atoms with E-state index in [1.165, 1.54) is 0 Å². The van der Waals surface area contributed by atoms with E-state index in [9.17, 15) is 58.8 Å². The summed E-state index contributed by atoms with van der Waals surface area (Å²) in [7, 11) is -10.1. The molecule has 2 aliphatic rings. The molecule has 2 unspecified atom stereocenters. The Morgan fingerprint density at radius 3 is 2.26 bits per heavy atom. The summed E-state index contributed by atoms with van der Waals surface area (Å²) in [6.45, 7) is -2.05. The fourth-order valence-electron chi connectivity index (χ4n) is 4.24. The number of H-pyrrole nitrogens is 1. The molecule has 0 aliphatic carbocycles. The van der Waals surface area contributed by atoms with Crippen molar-refractivity contribution in [3.63, 3.8) is 0 Å². The van der Waals surface area contributed by atoms with E-state index in [1.807, 2.05) is 4.98 Å². The number of hydrogen-bond donors (Lipinski definition) is 9. The van der Waals surface area contributed by atoms with E-state index in [1.54, 1.807) is 0 Å². The van der Waals surface area contributed by atoms with Gasteiger partial charge in [-0.3, -0.25) is 28.2 Å². The monoisotopic (exact) mass is 651 g/mol. The van der Waals surface area contributed by atoms with Crippen molar-refractivity contribution in [2.75, 3.05) is 26.9 Å². The number of methoxy groups -OCH3 is 1. The number of ether oxygens (including phenoxy) is 3. The van der Waals surface area contributed by atoms with Crippen molar-refractivity contribution in [2.45, 2.75) is 61.6 Å². The zero-order chi connectivity index (χ0) is 31.6. The fourth-order valence-corrected chi connectivity index (χ4v) is 6.33. The molecule has 9 N–H and O–H groups in total. The van der Waals surface area contributed by atoms with Crippen molar-refractivity contribution in [1.29, 1.82) is 0 Å². The second-order valence-electron chi connectivity index (χ2n) is 9.17. The van der Waals surface area contributed by atoms with Gasteiger partial charge in [-0.2, -0.15) is 4.31 Å². The molecule has 1 amide bonds. The summed E-state index contributed by atoms with van der Waals surface area (Å²) in [5.74, 6) is -3.10. The highest BCUT2D eigenvalue weighted by Gasteiger charge is 2.56. The average molecular weight is 651 g/mol. The molecular formula is C19H31N3O18P2. The van der Waals surface area contributed by atoms with Crippen LogP contribution in [0.5, 0.6) is 0 Å². The number of aromatic nitrogens is 2. The number of aliphatic hydroxyl groups excluding tert-OH is 5. The van der Waals surface area contributed by atoms with Crippen LogP contribution >= 0.6 is 15.6 Å². The van der Waals surface area contributed by atoms with Crippen LogP contribution in [-0.4, -0.2) is 126 Å². The molecule has 0 saturated carbocycles. The van der Waals surface area contributed by atoms with Crippen LogP contribution in [0, 0.1) is 0 Å². The zero-order valence-corrected chi connectivity index (χ0v) is 23.6. The second-order valence-corrected chi connectivity index (χ2v) is 12.2. The molecule has 0 radical (unpaired) electrons. The van der Waals surface area contributed by atoms with Crippen molar-refractivity contribution < 1.29 is 76.8 Å². The lowest BCUT2D eigenvalue weighted by molar-refractivity contribution is -0.335. The molecule has 21 nitrogen and oxygen atoms in total. The van der Waals surface area contributed by atoms with E-state index < -0.39 is 107 Å².